The third-order valence-electron chi connectivity index (χ3n) is 5.18. The molecule has 8 nitrogen and oxygen atoms in total. The second-order valence-electron chi connectivity index (χ2n) is 7.45. The van der Waals surface area contributed by atoms with Crippen LogP contribution in [0.15, 0.2) is 59.7 Å². The number of rotatable bonds is 5. The first-order chi connectivity index (χ1) is 16.4. The van der Waals surface area contributed by atoms with Gasteiger partial charge in [-0.2, -0.15) is 0 Å². The van der Waals surface area contributed by atoms with Gasteiger partial charge in [0.1, 0.15) is 0 Å². The summed E-state index contributed by atoms with van der Waals surface area (Å²) in [6, 6.07) is 13.2. The molecule has 3 rings (SSSR count). The first-order valence-electron chi connectivity index (χ1n) is 10.6. The van der Waals surface area contributed by atoms with Gasteiger partial charge in [0.15, 0.2) is 5.78 Å². The molecule has 176 valence electrons. The van der Waals surface area contributed by atoms with Gasteiger partial charge in [-0.05, 0) is 54.5 Å². The molecule has 0 bridgehead atoms. The standard InChI is InChI=1S/C26H25NO7/c1-4-34-26(31)27-15-21(13-17-5-9-19(10-6-17)24(29)32-2)23(28)22(16-27)14-18-7-11-20(12-8-18)25(30)33-3/h5-14H,4,15-16H2,1-3H3. The van der Waals surface area contributed by atoms with Gasteiger partial charge < -0.3 is 14.2 Å². The van der Waals surface area contributed by atoms with Crippen molar-refractivity contribution in [3.05, 3.63) is 81.9 Å². The average Bonchev–Trinajstić information content (AvgIpc) is 2.86. The van der Waals surface area contributed by atoms with Gasteiger partial charge in [-0.15, -0.1) is 0 Å². The number of esters is 2. The van der Waals surface area contributed by atoms with E-state index in [9.17, 15) is 19.2 Å². The SMILES string of the molecule is CCOC(=O)N1CC(=Cc2ccc(C(=O)OC)cc2)C(=O)C(=Cc2ccc(C(=O)OC)cc2)C1. The molecule has 0 aliphatic carbocycles. The molecule has 0 unspecified atom stereocenters. The number of carbonyl (C=O) groups is 4. The zero-order valence-electron chi connectivity index (χ0n) is 19.2. The van der Waals surface area contributed by atoms with E-state index in [2.05, 4.69) is 0 Å². The van der Waals surface area contributed by atoms with Crippen molar-refractivity contribution in [3.63, 3.8) is 0 Å². The Hall–Kier alpha value is -4.20. The van der Waals surface area contributed by atoms with E-state index in [4.69, 9.17) is 14.2 Å². The van der Waals surface area contributed by atoms with Crippen LogP contribution in [-0.4, -0.2) is 62.6 Å². The fraction of sp³-hybridized carbons (Fsp3) is 0.231. The summed E-state index contributed by atoms with van der Waals surface area (Å²) in [6.45, 7) is 2.11. The number of likely N-dealkylation sites (tertiary alicyclic amines) is 1. The van der Waals surface area contributed by atoms with Gasteiger partial charge in [0.05, 0.1) is 45.0 Å². The number of methoxy groups -OCH3 is 2. The van der Waals surface area contributed by atoms with Crippen LogP contribution < -0.4 is 0 Å². The maximum atomic E-state index is 13.2. The number of Topliss-reactive ketones (excluding diaryl/α,β-unsaturated/α-hetero) is 1. The van der Waals surface area contributed by atoms with Gasteiger partial charge in [0.25, 0.3) is 0 Å². The summed E-state index contributed by atoms with van der Waals surface area (Å²) in [6.07, 6.45) is 2.85. The van der Waals surface area contributed by atoms with Crippen molar-refractivity contribution in [3.8, 4) is 0 Å². The molecule has 2 aromatic carbocycles. The molecule has 0 atom stereocenters. The third kappa shape index (κ3) is 5.78. The molecule has 1 aliphatic heterocycles. The molecule has 0 spiro atoms. The van der Waals surface area contributed by atoms with Crippen molar-refractivity contribution in [2.24, 2.45) is 0 Å². The number of hydrogen-bond donors (Lipinski definition) is 0. The van der Waals surface area contributed by atoms with E-state index in [0.717, 1.165) is 0 Å². The minimum atomic E-state index is -0.520. The lowest BCUT2D eigenvalue weighted by molar-refractivity contribution is -0.113. The molecular weight excluding hydrogens is 438 g/mol. The first-order valence-corrected chi connectivity index (χ1v) is 10.6. The van der Waals surface area contributed by atoms with Gasteiger partial charge in [-0.1, -0.05) is 24.3 Å². The summed E-state index contributed by atoms with van der Waals surface area (Å²) in [5.41, 5.74) is 2.99. The normalized spacial score (nSPS) is 15.9. The fourth-order valence-corrected chi connectivity index (χ4v) is 3.45. The quantitative estimate of drug-likeness (QED) is 0.378. The van der Waals surface area contributed by atoms with Crippen molar-refractivity contribution >= 4 is 36.0 Å². The highest BCUT2D eigenvalue weighted by atomic mass is 16.6. The molecular formula is C26H25NO7. The summed E-state index contributed by atoms with van der Waals surface area (Å²) < 4.78 is 14.5. The van der Waals surface area contributed by atoms with Gasteiger partial charge in [-0.3, -0.25) is 9.69 Å². The van der Waals surface area contributed by atoms with Crippen LogP contribution in [0.4, 0.5) is 4.79 Å². The highest BCUT2D eigenvalue weighted by molar-refractivity contribution is 6.15. The van der Waals surface area contributed by atoms with Crippen LogP contribution in [0.1, 0.15) is 38.8 Å². The Morgan fingerprint density at radius 2 is 1.21 bits per heavy atom. The lowest BCUT2D eigenvalue weighted by Gasteiger charge is -2.29. The maximum Gasteiger partial charge on any atom is 0.410 e. The Bertz CT molecular complexity index is 1060. The lowest BCUT2D eigenvalue weighted by atomic mass is 9.94. The van der Waals surface area contributed by atoms with E-state index in [0.29, 0.717) is 33.4 Å². The first kappa shape index (κ1) is 24.4. The van der Waals surface area contributed by atoms with Crippen LogP contribution >= 0.6 is 0 Å². The Morgan fingerprint density at radius 3 is 1.56 bits per heavy atom. The van der Waals surface area contributed by atoms with Gasteiger partial charge in [0, 0.05) is 11.1 Å². The summed E-state index contributed by atoms with van der Waals surface area (Å²) in [5.74, 6) is -1.11. The number of carbonyl (C=O) groups excluding carboxylic acids is 4. The Balaban J connectivity index is 1.93. The highest BCUT2D eigenvalue weighted by Crippen LogP contribution is 2.23. The third-order valence-corrected chi connectivity index (χ3v) is 5.18. The molecule has 0 aromatic heterocycles. The average molecular weight is 463 g/mol. The Morgan fingerprint density at radius 1 is 0.794 bits per heavy atom. The second kappa shape index (κ2) is 11.1. The van der Waals surface area contributed by atoms with Gasteiger partial charge >= 0.3 is 18.0 Å². The number of benzene rings is 2. The fourth-order valence-electron chi connectivity index (χ4n) is 3.45. The van der Waals surface area contributed by atoms with Crippen molar-refractivity contribution < 1.29 is 33.4 Å². The van der Waals surface area contributed by atoms with E-state index in [1.165, 1.54) is 19.1 Å². The number of amides is 1. The predicted octanol–water partition coefficient (Wildman–Crippen LogP) is 3.77. The van der Waals surface area contributed by atoms with Crippen LogP contribution in [0.3, 0.4) is 0 Å². The summed E-state index contributed by atoms with van der Waals surface area (Å²) in [5, 5.41) is 0. The molecule has 1 saturated heterocycles. The van der Waals surface area contributed by atoms with Gasteiger partial charge in [-0.25, -0.2) is 14.4 Å². The van der Waals surface area contributed by atoms with Crippen molar-refractivity contribution in [2.75, 3.05) is 33.9 Å². The van der Waals surface area contributed by atoms with Crippen LogP contribution in [0, 0.1) is 0 Å². The minimum Gasteiger partial charge on any atom is -0.465 e. The van der Waals surface area contributed by atoms with Crippen molar-refractivity contribution in [1.29, 1.82) is 0 Å². The lowest BCUT2D eigenvalue weighted by Crippen LogP contribution is -2.41. The highest BCUT2D eigenvalue weighted by Gasteiger charge is 2.29. The number of ketones is 1. The molecule has 1 aliphatic rings. The maximum absolute atomic E-state index is 13.2. The molecule has 34 heavy (non-hydrogen) atoms. The molecule has 0 radical (unpaired) electrons. The minimum absolute atomic E-state index is 0.0923. The van der Waals surface area contributed by atoms with Crippen LogP contribution in [0.2, 0.25) is 0 Å². The monoisotopic (exact) mass is 463 g/mol. The smallest absolute Gasteiger partial charge is 0.410 e. The Kier molecular flexibility index (Phi) is 7.97. The number of nitrogens with zero attached hydrogens (tertiary/aromatic N) is 1. The van der Waals surface area contributed by atoms with Crippen LogP contribution in [0.5, 0.6) is 0 Å². The molecule has 1 amide bonds. The van der Waals surface area contributed by atoms with E-state index < -0.39 is 18.0 Å². The number of hydrogen-bond acceptors (Lipinski definition) is 7. The van der Waals surface area contributed by atoms with Crippen molar-refractivity contribution in [1.82, 2.24) is 4.90 Å². The predicted molar refractivity (Wildman–Crippen MR) is 125 cm³/mol. The summed E-state index contributed by atoms with van der Waals surface area (Å²) >= 11 is 0. The molecule has 1 fully saturated rings. The van der Waals surface area contributed by atoms with E-state index >= 15 is 0 Å². The summed E-state index contributed by atoms with van der Waals surface area (Å²) in [7, 11) is 2.61. The van der Waals surface area contributed by atoms with E-state index in [1.54, 1.807) is 67.6 Å². The van der Waals surface area contributed by atoms with E-state index in [-0.39, 0.29) is 25.5 Å². The molecule has 8 heteroatoms. The molecule has 1 heterocycles. The zero-order chi connectivity index (χ0) is 24.7. The molecule has 0 saturated carbocycles. The zero-order valence-corrected chi connectivity index (χ0v) is 19.2. The molecule has 0 N–H and O–H groups in total. The Labute approximate surface area is 197 Å². The van der Waals surface area contributed by atoms with Crippen LogP contribution in [0.25, 0.3) is 12.2 Å². The van der Waals surface area contributed by atoms with Crippen molar-refractivity contribution in [2.45, 2.75) is 6.92 Å². The number of piperidine rings is 1. The van der Waals surface area contributed by atoms with Crippen LogP contribution in [-0.2, 0) is 19.0 Å². The molecule has 2 aromatic rings. The largest absolute Gasteiger partial charge is 0.465 e. The van der Waals surface area contributed by atoms with E-state index in [1.807, 2.05) is 0 Å². The topological polar surface area (TPSA) is 99.2 Å². The number of ether oxygens (including phenoxy) is 3. The summed E-state index contributed by atoms with van der Waals surface area (Å²) in [4.78, 5) is 50.4. The van der Waals surface area contributed by atoms with Gasteiger partial charge in [0.2, 0.25) is 0 Å². The second-order valence-corrected chi connectivity index (χ2v) is 7.45.